The molecule has 1 aromatic rings. The summed E-state index contributed by atoms with van der Waals surface area (Å²) in [4.78, 5) is 34.4. The maximum absolute atomic E-state index is 13.0. The molecule has 1 unspecified atom stereocenters. The lowest BCUT2D eigenvalue weighted by molar-refractivity contribution is 0.184. The third-order valence-electron chi connectivity index (χ3n) is 4.05. The van der Waals surface area contributed by atoms with Gasteiger partial charge >= 0.3 is 12.1 Å². The summed E-state index contributed by atoms with van der Waals surface area (Å²) in [6, 6.07) is 4.24. The fraction of sp³-hybridized carbons (Fsp3) is 0.263. The molecule has 0 saturated carbocycles. The number of rotatable bonds is 5. The van der Waals surface area contributed by atoms with Gasteiger partial charge in [-0.1, -0.05) is 18.2 Å². The molecule has 0 saturated heterocycles. The van der Waals surface area contributed by atoms with Gasteiger partial charge in [-0.15, -0.1) is 0 Å². The van der Waals surface area contributed by atoms with Crippen molar-refractivity contribution in [2.75, 3.05) is 25.6 Å². The number of hydrogen-bond acceptors (Lipinski definition) is 3. The number of nitrogens with zero attached hydrogens (tertiary/aromatic N) is 3. The van der Waals surface area contributed by atoms with Crippen molar-refractivity contribution < 1.29 is 18.7 Å². The molecule has 1 N–H and O–H groups in total. The molecule has 0 fully saturated rings. The molecule has 1 aromatic carbocycles. The Balaban J connectivity index is 1.85. The van der Waals surface area contributed by atoms with Crippen LogP contribution in [-0.4, -0.2) is 48.8 Å². The number of hydrogen-bond donors (Lipinski definition) is 1. The van der Waals surface area contributed by atoms with Crippen LogP contribution in [0.5, 0.6) is 0 Å². The summed E-state index contributed by atoms with van der Waals surface area (Å²) in [5.41, 5.74) is 0.950. The van der Waals surface area contributed by atoms with E-state index in [4.69, 9.17) is 4.74 Å². The number of allylic oxidation sites excluding steroid dienone is 3. The van der Waals surface area contributed by atoms with E-state index in [0.29, 0.717) is 36.8 Å². The smallest absolute Gasteiger partial charge is 0.349 e. The zero-order valence-electron chi connectivity index (χ0n) is 14.8. The van der Waals surface area contributed by atoms with Gasteiger partial charge in [-0.05, 0) is 36.8 Å². The number of carbonyl (C=O) groups is 2. The molecule has 1 atom stereocenters. The lowest BCUT2D eigenvalue weighted by atomic mass is 9.94. The molecule has 3 rings (SSSR count). The number of methoxy groups -OCH3 is 1. The molecule has 1 aliphatic carbocycles. The molecule has 0 radical (unpaired) electrons. The van der Waals surface area contributed by atoms with E-state index < -0.39 is 17.9 Å². The molecule has 7 nitrogen and oxygen atoms in total. The van der Waals surface area contributed by atoms with E-state index in [1.165, 1.54) is 29.2 Å². The Kier molecular flexibility index (Phi) is 5.87. The van der Waals surface area contributed by atoms with Crippen molar-refractivity contribution in [3.05, 3.63) is 54.4 Å². The summed E-state index contributed by atoms with van der Waals surface area (Å²) in [6.07, 6.45) is 7.73. The molecule has 27 heavy (non-hydrogen) atoms. The summed E-state index contributed by atoms with van der Waals surface area (Å²) in [5, 5.41) is 2.58. The molecule has 8 heteroatoms. The second kappa shape index (κ2) is 8.50. The largest absolute Gasteiger partial charge is 0.385 e. The Morgan fingerprint density at radius 3 is 2.85 bits per heavy atom. The number of amides is 4. The monoisotopic (exact) mass is 370 g/mol. The van der Waals surface area contributed by atoms with Gasteiger partial charge in [0.1, 0.15) is 11.7 Å². The van der Waals surface area contributed by atoms with Gasteiger partial charge in [0, 0.05) is 25.9 Å². The highest BCUT2D eigenvalue weighted by Gasteiger charge is 2.34. The maximum atomic E-state index is 13.0. The topological polar surface area (TPSA) is 83.4 Å². The highest BCUT2D eigenvalue weighted by atomic mass is 19.1. The van der Waals surface area contributed by atoms with Crippen molar-refractivity contribution in [3.63, 3.8) is 0 Å². The van der Waals surface area contributed by atoms with Gasteiger partial charge < -0.3 is 10.1 Å². The second-order valence-electron chi connectivity index (χ2n) is 5.95. The lowest BCUT2D eigenvalue weighted by Crippen LogP contribution is -2.47. The van der Waals surface area contributed by atoms with Gasteiger partial charge in [0.05, 0.1) is 11.6 Å². The van der Waals surface area contributed by atoms with E-state index in [9.17, 15) is 14.0 Å². The van der Waals surface area contributed by atoms with Crippen LogP contribution in [-0.2, 0) is 4.74 Å². The minimum atomic E-state index is -0.648. The van der Waals surface area contributed by atoms with Crippen LogP contribution < -0.4 is 5.32 Å². The number of anilines is 1. The molecule has 1 aliphatic heterocycles. The van der Waals surface area contributed by atoms with Gasteiger partial charge in [0.25, 0.3) is 0 Å². The number of fused-ring (bicyclic) bond motifs is 1. The second-order valence-corrected chi connectivity index (χ2v) is 5.95. The minimum Gasteiger partial charge on any atom is -0.385 e. The number of aliphatic imine (C=N–C) groups is 2. The van der Waals surface area contributed by atoms with Crippen LogP contribution in [0.4, 0.5) is 19.7 Å². The summed E-state index contributed by atoms with van der Waals surface area (Å²) < 4.78 is 18.0. The zero-order valence-corrected chi connectivity index (χ0v) is 14.8. The van der Waals surface area contributed by atoms with Gasteiger partial charge in [0.2, 0.25) is 0 Å². The average Bonchev–Trinajstić information content (AvgIpc) is 2.66. The number of ether oxygens (including phenoxy) is 1. The van der Waals surface area contributed by atoms with Crippen LogP contribution in [0.25, 0.3) is 0 Å². The molecule has 0 aromatic heterocycles. The van der Waals surface area contributed by atoms with E-state index in [-0.39, 0.29) is 5.92 Å². The molecule has 1 heterocycles. The molecular formula is C19H19FN4O3. The number of carbonyl (C=O) groups excluding carboxylic acids is 2. The van der Waals surface area contributed by atoms with Crippen LogP contribution in [0.3, 0.4) is 0 Å². The number of urea groups is 2. The van der Waals surface area contributed by atoms with Crippen molar-refractivity contribution >= 4 is 29.3 Å². The molecule has 140 valence electrons. The summed E-state index contributed by atoms with van der Waals surface area (Å²) in [5.74, 6) is -0.475. The van der Waals surface area contributed by atoms with Gasteiger partial charge in [0.15, 0.2) is 0 Å². The highest BCUT2D eigenvalue weighted by molar-refractivity contribution is 6.24. The molecule has 0 spiro atoms. The highest BCUT2D eigenvalue weighted by Crippen LogP contribution is 2.21. The Labute approximate surface area is 155 Å². The van der Waals surface area contributed by atoms with Crippen LogP contribution in [0.1, 0.15) is 6.42 Å². The molecule has 4 amide bonds. The van der Waals surface area contributed by atoms with Gasteiger partial charge in [-0.3, -0.25) is 4.90 Å². The first-order valence-corrected chi connectivity index (χ1v) is 8.47. The van der Waals surface area contributed by atoms with E-state index >= 15 is 0 Å². The number of halogens is 1. The molecule has 2 aliphatic rings. The van der Waals surface area contributed by atoms with Crippen LogP contribution in [0.15, 0.2) is 58.6 Å². The number of benzene rings is 1. The van der Waals surface area contributed by atoms with Crippen molar-refractivity contribution in [2.45, 2.75) is 6.42 Å². The normalized spacial score (nSPS) is 19.9. The summed E-state index contributed by atoms with van der Waals surface area (Å²) in [6.45, 7) is 0.802. The van der Waals surface area contributed by atoms with Gasteiger partial charge in [-0.25, -0.2) is 14.0 Å². The van der Waals surface area contributed by atoms with Crippen molar-refractivity contribution in [3.8, 4) is 0 Å². The average molecular weight is 370 g/mol. The maximum Gasteiger partial charge on any atom is 0.349 e. The quantitative estimate of drug-likeness (QED) is 0.806. The third kappa shape index (κ3) is 4.53. The Bertz CT molecular complexity index is 843. The third-order valence-corrected chi connectivity index (χ3v) is 4.05. The summed E-state index contributed by atoms with van der Waals surface area (Å²) in [7, 11) is 1.58. The van der Waals surface area contributed by atoms with Gasteiger partial charge in [-0.2, -0.15) is 9.98 Å². The van der Waals surface area contributed by atoms with E-state index in [1.807, 2.05) is 12.2 Å². The van der Waals surface area contributed by atoms with Crippen molar-refractivity contribution in [1.29, 1.82) is 0 Å². The zero-order chi connectivity index (χ0) is 19.2. The minimum absolute atomic E-state index is 0.307. The predicted octanol–water partition coefficient (Wildman–Crippen LogP) is 3.41. The first-order valence-electron chi connectivity index (χ1n) is 8.47. The number of amidine groups is 1. The Morgan fingerprint density at radius 1 is 1.33 bits per heavy atom. The Morgan fingerprint density at radius 2 is 2.11 bits per heavy atom. The van der Waals surface area contributed by atoms with Crippen molar-refractivity contribution in [2.24, 2.45) is 15.9 Å². The lowest BCUT2D eigenvalue weighted by Gasteiger charge is -2.31. The van der Waals surface area contributed by atoms with Crippen molar-refractivity contribution in [1.82, 2.24) is 4.90 Å². The SMILES string of the molecule is COCCCN1C(=O)N=C2C=CC=CC2/C1=N/C(=O)Nc1ccc(F)cc1. The molecular weight excluding hydrogens is 351 g/mol. The number of nitrogens with one attached hydrogen (secondary N) is 1. The van der Waals surface area contributed by atoms with E-state index in [2.05, 4.69) is 15.3 Å². The molecule has 0 bridgehead atoms. The van der Waals surface area contributed by atoms with Crippen LogP contribution in [0.2, 0.25) is 0 Å². The first kappa shape index (κ1) is 18.7. The summed E-state index contributed by atoms with van der Waals surface area (Å²) >= 11 is 0. The predicted molar refractivity (Wildman–Crippen MR) is 101 cm³/mol. The first-order chi connectivity index (χ1) is 13.1. The fourth-order valence-corrected chi connectivity index (χ4v) is 2.79. The van der Waals surface area contributed by atoms with Crippen LogP contribution in [0, 0.1) is 11.7 Å². The Hall–Kier alpha value is -3.13. The standard InChI is InChI=1S/C19H19FN4O3/c1-27-12-4-11-24-17(15-5-2-3-6-16(15)22-19(24)26)23-18(25)21-14-9-7-13(20)8-10-14/h2-3,5-10,15H,4,11-12H2,1H3,(H,21,25)/b23-17-. The van der Waals surface area contributed by atoms with Crippen LogP contribution >= 0.6 is 0 Å². The van der Waals surface area contributed by atoms with E-state index in [1.54, 1.807) is 19.3 Å². The fourth-order valence-electron chi connectivity index (χ4n) is 2.79. The van der Waals surface area contributed by atoms with E-state index in [0.717, 1.165) is 0 Å².